The van der Waals surface area contributed by atoms with E-state index < -0.39 is 0 Å². The van der Waals surface area contributed by atoms with Crippen molar-refractivity contribution >= 4 is 22.8 Å². The van der Waals surface area contributed by atoms with E-state index in [1.807, 2.05) is 30.5 Å². The molecular weight excluding hydrogens is 242 g/mol. The second kappa shape index (κ2) is 4.56. The number of hydrogen-bond acceptors (Lipinski definition) is 3. The molecule has 2 aromatic heterocycles. The number of nitrogens with zero attached hydrogens (tertiary/aromatic N) is 2. The lowest BCUT2D eigenvalue weighted by Gasteiger charge is -2.00. The van der Waals surface area contributed by atoms with Crippen LogP contribution in [-0.4, -0.2) is 26.1 Å². The fourth-order valence-electron chi connectivity index (χ4n) is 2.02. The maximum absolute atomic E-state index is 11.9. The highest BCUT2D eigenvalue weighted by Gasteiger charge is 2.10. The summed E-state index contributed by atoms with van der Waals surface area (Å²) in [4.78, 5) is 19.1. The summed E-state index contributed by atoms with van der Waals surface area (Å²) in [6.45, 7) is 1.78. The molecule has 0 atom stereocenters. The van der Waals surface area contributed by atoms with E-state index in [2.05, 4.69) is 25.5 Å². The van der Waals surface area contributed by atoms with E-state index in [0.717, 1.165) is 16.5 Å². The molecule has 0 spiro atoms. The molecular formula is C13H13N5O. The Morgan fingerprint density at radius 3 is 3.00 bits per heavy atom. The Hall–Kier alpha value is -2.63. The molecule has 3 aromatic rings. The van der Waals surface area contributed by atoms with Crippen LogP contribution < -0.4 is 5.32 Å². The largest absolute Gasteiger partial charge is 0.361 e. The third-order valence-corrected chi connectivity index (χ3v) is 2.87. The minimum Gasteiger partial charge on any atom is -0.361 e. The van der Waals surface area contributed by atoms with Crippen LogP contribution >= 0.6 is 0 Å². The van der Waals surface area contributed by atoms with Crippen LogP contribution in [0.5, 0.6) is 0 Å². The fraction of sp³-hybridized carbons (Fsp3) is 0.154. The van der Waals surface area contributed by atoms with Gasteiger partial charge < -0.3 is 4.98 Å². The first-order chi connectivity index (χ1) is 9.22. The number of H-pyrrole nitrogens is 2. The SMILES string of the molecule is Cc1nc(NC(=O)Cc2c[nH]c3ccccc23)n[nH]1. The van der Waals surface area contributed by atoms with Crippen LogP contribution in [-0.2, 0) is 11.2 Å². The van der Waals surface area contributed by atoms with Gasteiger partial charge in [0.15, 0.2) is 0 Å². The zero-order valence-electron chi connectivity index (χ0n) is 10.4. The van der Waals surface area contributed by atoms with E-state index >= 15 is 0 Å². The molecule has 3 N–H and O–H groups in total. The Labute approximate surface area is 109 Å². The van der Waals surface area contributed by atoms with Crippen LogP contribution in [0.15, 0.2) is 30.5 Å². The normalized spacial score (nSPS) is 10.8. The maximum Gasteiger partial charge on any atom is 0.248 e. The zero-order valence-corrected chi connectivity index (χ0v) is 10.4. The first-order valence-corrected chi connectivity index (χ1v) is 5.96. The van der Waals surface area contributed by atoms with E-state index in [1.54, 1.807) is 6.92 Å². The molecule has 2 heterocycles. The van der Waals surface area contributed by atoms with Crippen molar-refractivity contribution in [2.24, 2.45) is 0 Å². The number of rotatable bonds is 3. The number of aromatic amines is 2. The van der Waals surface area contributed by atoms with Crippen molar-refractivity contribution in [3.63, 3.8) is 0 Å². The summed E-state index contributed by atoms with van der Waals surface area (Å²) in [7, 11) is 0. The van der Waals surface area contributed by atoms with E-state index in [-0.39, 0.29) is 12.3 Å². The summed E-state index contributed by atoms with van der Waals surface area (Å²) in [6.07, 6.45) is 2.14. The number of carbonyl (C=O) groups excluding carboxylic acids is 1. The molecule has 19 heavy (non-hydrogen) atoms. The van der Waals surface area contributed by atoms with E-state index in [4.69, 9.17) is 0 Å². The van der Waals surface area contributed by atoms with Gasteiger partial charge in [-0.1, -0.05) is 18.2 Å². The van der Waals surface area contributed by atoms with Gasteiger partial charge in [0.05, 0.1) is 6.42 Å². The number of carbonyl (C=O) groups is 1. The monoisotopic (exact) mass is 255 g/mol. The molecule has 3 rings (SSSR count). The van der Waals surface area contributed by atoms with Gasteiger partial charge in [-0.15, -0.1) is 5.10 Å². The number of fused-ring (bicyclic) bond motifs is 1. The summed E-state index contributed by atoms with van der Waals surface area (Å²) in [5.41, 5.74) is 1.99. The van der Waals surface area contributed by atoms with Crippen molar-refractivity contribution in [1.29, 1.82) is 0 Å². The molecule has 0 saturated carbocycles. The topological polar surface area (TPSA) is 86.5 Å². The van der Waals surface area contributed by atoms with Gasteiger partial charge in [-0.3, -0.25) is 15.2 Å². The van der Waals surface area contributed by atoms with Crippen LogP contribution in [0.3, 0.4) is 0 Å². The second-order valence-corrected chi connectivity index (χ2v) is 4.33. The molecule has 0 bridgehead atoms. The summed E-state index contributed by atoms with van der Waals surface area (Å²) < 4.78 is 0. The average Bonchev–Trinajstić information content (AvgIpc) is 2.97. The van der Waals surface area contributed by atoms with Crippen LogP contribution in [0.25, 0.3) is 10.9 Å². The second-order valence-electron chi connectivity index (χ2n) is 4.33. The van der Waals surface area contributed by atoms with Crippen LogP contribution in [0.4, 0.5) is 5.95 Å². The molecule has 6 nitrogen and oxygen atoms in total. The molecule has 0 radical (unpaired) electrons. The minimum absolute atomic E-state index is 0.135. The molecule has 1 aromatic carbocycles. The van der Waals surface area contributed by atoms with E-state index in [9.17, 15) is 4.79 Å². The predicted octanol–water partition coefficient (Wildman–Crippen LogP) is 1.78. The summed E-state index contributed by atoms with van der Waals surface area (Å²) in [5, 5.41) is 10.3. The minimum atomic E-state index is -0.135. The molecule has 1 amide bonds. The Morgan fingerprint density at radius 1 is 1.37 bits per heavy atom. The van der Waals surface area contributed by atoms with E-state index in [0.29, 0.717) is 11.8 Å². The number of aryl methyl sites for hydroxylation is 1. The predicted molar refractivity (Wildman–Crippen MR) is 71.8 cm³/mol. The van der Waals surface area contributed by atoms with Crippen molar-refractivity contribution < 1.29 is 4.79 Å². The van der Waals surface area contributed by atoms with Gasteiger partial charge in [0.1, 0.15) is 5.82 Å². The van der Waals surface area contributed by atoms with E-state index in [1.165, 1.54) is 0 Å². The fourth-order valence-corrected chi connectivity index (χ4v) is 2.02. The number of hydrogen-bond donors (Lipinski definition) is 3. The lowest BCUT2D eigenvalue weighted by Crippen LogP contribution is -2.15. The smallest absolute Gasteiger partial charge is 0.248 e. The Balaban J connectivity index is 1.76. The summed E-state index contributed by atoms with van der Waals surface area (Å²) >= 11 is 0. The highest BCUT2D eigenvalue weighted by molar-refractivity contribution is 5.94. The number of para-hydroxylation sites is 1. The van der Waals surface area contributed by atoms with Crippen molar-refractivity contribution in [1.82, 2.24) is 20.2 Å². The Bertz CT molecular complexity index is 727. The molecule has 0 unspecified atom stereocenters. The zero-order chi connectivity index (χ0) is 13.2. The number of aromatic nitrogens is 4. The summed E-state index contributed by atoms with van der Waals surface area (Å²) in [6, 6.07) is 7.88. The molecule has 0 aliphatic heterocycles. The van der Waals surface area contributed by atoms with Crippen LogP contribution in [0.1, 0.15) is 11.4 Å². The van der Waals surface area contributed by atoms with Gasteiger partial charge in [-0.2, -0.15) is 4.98 Å². The molecule has 0 saturated heterocycles. The number of nitrogens with one attached hydrogen (secondary N) is 3. The van der Waals surface area contributed by atoms with Crippen molar-refractivity contribution in [3.8, 4) is 0 Å². The van der Waals surface area contributed by atoms with Gasteiger partial charge in [0, 0.05) is 17.1 Å². The molecule has 0 aliphatic carbocycles. The molecule has 0 aliphatic rings. The number of benzene rings is 1. The van der Waals surface area contributed by atoms with Crippen LogP contribution in [0, 0.1) is 6.92 Å². The van der Waals surface area contributed by atoms with Gasteiger partial charge in [0.2, 0.25) is 11.9 Å². The van der Waals surface area contributed by atoms with Gasteiger partial charge in [-0.05, 0) is 18.6 Å². The standard InChI is InChI=1S/C13H13N5O/c1-8-15-13(18-17-8)16-12(19)6-9-7-14-11-5-3-2-4-10(9)11/h2-5,7,14H,6H2,1H3,(H2,15,16,17,18,19). The summed E-state index contributed by atoms with van der Waals surface area (Å²) in [5.74, 6) is 0.841. The van der Waals surface area contributed by atoms with Gasteiger partial charge in [-0.25, -0.2) is 0 Å². The highest BCUT2D eigenvalue weighted by atomic mass is 16.1. The average molecular weight is 255 g/mol. The van der Waals surface area contributed by atoms with Gasteiger partial charge in [0.25, 0.3) is 0 Å². The Kier molecular flexibility index (Phi) is 2.75. The maximum atomic E-state index is 11.9. The van der Waals surface area contributed by atoms with Crippen LogP contribution in [0.2, 0.25) is 0 Å². The first-order valence-electron chi connectivity index (χ1n) is 5.96. The molecule has 96 valence electrons. The van der Waals surface area contributed by atoms with Gasteiger partial charge >= 0.3 is 0 Å². The van der Waals surface area contributed by atoms with Crippen molar-refractivity contribution in [2.75, 3.05) is 5.32 Å². The molecule has 0 fully saturated rings. The lowest BCUT2D eigenvalue weighted by molar-refractivity contribution is -0.115. The quantitative estimate of drug-likeness (QED) is 0.666. The number of amides is 1. The van der Waals surface area contributed by atoms with Crippen molar-refractivity contribution in [3.05, 3.63) is 41.9 Å². The Morgan fingerprint density at radius 2 is 2.21 bits per heavy atom. The highest BCUT2D eigenvalue weighted by Crippen LogP contribution is 2.18. The third kappa shape index (κ3) is 2.33. The van der Waals surface area contributed by atoms with Crippen molar-refractivity contribution in [2.45, 2.75) is 13.3 Å². The first kappa shape index (κ1) is 11.5. The number of anilines is 1. The lowest BCUT2D eigenvalue weighted by atomic mass is 10.1. The molecule has 6 heteroatoms. The third-order valence-electron chi connectivity index (χ3n) is 2.87.